The molecular formula is C14H20ClN3O2. The number of ether oxygens (including phenoxy) is 1. The largest absolute Gasteiger partial charge is 0.378 e. The number of aryl methyl sites for hydroxylation is 1. The van der Waals surface area contributed by atoms with Gasteiger partial charge < -0.3 is 10.1 Å². The Balaban J connectivity index is 2.18. The van der Waals surface area contributed by atoms with Crippen LogP contribution in [-0.4, -0.2) is 35.0 Å². The van der Waals surface area contributed by atoms with Crippen molar-refractivity contribution in [3.05, 3.63) is 16.5 Å². The van der Waals surface area contributed by atoms with Crippen LogP contribution in [0.4, 0.5) is 5.82 Å². The predicted molar refractivity (Wildman–Crippen MR) is 78.4 cm³/mol. The third kappa shape index (κ3) is 2.65. The topological polar surface area (TPSA) is 64.1 Å². The number of halogens is 1. The van der Waals surface area contributed by atoms with Gasteiger partial charge in [-0.25, -0.2) is 9.97 Å². The van der Waals surface area contributed by atoms with Gasteiger partial charge in [0.15, 0.2) is 6.29 Å². The molecule has 5 nitrogen and oxygen atoms in total. The molecule has 2 atom stereocenters. The number of aldehydes is 1. The Labute approximate surface area is 124 Å². The third-order valence-electron chi connectivity index (χ3n) is 3.99. The van der Waals surface area contributed by atoms with Crippen molar-refractivity contribution in [3.8, 4) is 0 Å². The SMILES string of the molecule is CCOC1CC(Nc2nc(C)nc(Cl)c2C=O)C1(C)C. The second kappa shape index (κ2) is 5.66. The molecule has 1 aliphatic carbocycles. The van der Waals surface area contributed by atoms with Gasteiger partial charge in [0.2, 0.25) is 0 Å². The van der Waals surface area contributed by atoms with Crippen LogP contribution in [0.2, 0.25) is 5.15 Å². The Morgan fingerprint density at radius 2 is 2.20 bits per heavy atom. The first kappa shape index (κ1) is 15.2. The number of carbonyl (C=O) groups excluding carboxylic acids is 1. The summed E-state index contributed by atoms with van der Waals surface area (Å²) in [7, 11) is 0. The van der Waals surface area contributed by atoms with Crippen LogP contribution in [0.3, 0.4) is 0 Å². The van der Waals surface area contributed by atoms with Gasteiger partial charge in [-0.05, 0) is 20.3 Å². The zero-order valence-corrected chi connectivity index (χ0v) is 13.0. The first-order chi connectivity index (χ1) is 9.40. The summed E-state index contributed by atoms with van der Waals surface area (Å²) in [4.78, 5) is 19.4. The van der Waals surface area contributed by atoms with Gasteiger partial charge in [-0.1, -0.05) is 25.4 Å². The van der Waals surface area contributed by atoms with Crippen LogP contribution in [0.15, 0.2) is 0 Å². The average molecular weight is 298 g/mol. The number of hydrogen-bond acceptors (Lipinski definition) is 5. The Hall–Kier alpha value is -1.20. The van der Waals surface area contributed by atoms with Crippen LogP contribution in [0.5, 0.6) is 0 Å². The maximum absolute atomic E-state index is 11.1. The lowest BCUT2D eigenvalue weighted by molar-refractivity contribution is -0.0976. The fourth-order valence-corrected chi connectivity index (χ4v) is 2.80. The van der Waals surface area contributed by atoms with Crippen LogP contribution < -0.4 is 5.32 Å². The average Bonchev–Trinajstić information content (AvgIpc) is 2.37. The van der Waals surface area contributed by atoms with Gasteiger partial charge in [0.05, 0.1) is 11.7 Å². The first-order valence-electron chi connectivity index (χ1n) is 6.77. The van der Waals surface area contributed by atoms with Gasteiger partial charge in [-0.15, -0.1) is 0 Å². The summed E-state index contributed by atoms with van der Waals surface area (Å²) in [6.07, 6.45) is 1.80. The molecule has 1 aliphatic rings. The molecule has 2 unspecified atom stereocenters. The molecule has 1 fully saturated rings. The number of anilines is 1. The van der Waals surface area contributed by atoms with E-state index in [2.05, 4.69) is 29.1 Å². The minimum atomic E-state index is -0.0124. The van der Waals surface area contributed by atoms with Crippen molar-refractivity contribution in [1.82, 2.24) is 9.97 Å². The fourth-order valence-electron chi connectivity index (χ4n) is 2.54. The van der Waals surface area contributed by atoms with Crippen LogP contribution in [0.25, 0.3) is 0 Å². The number of aromatic nitrogens is 2. The van der Waals surface area contributed by atoms with E-state index in [0.29, 0.717) is 30.1 Å². The molecule has 1 aromatic rings. The van der Waals surface area contributed by atoms with Gasteiger partial charge in [0.1, 0.15) is 16.8 Å². The van der Waals surface area contributed by atoms with Gasteiger partial charge in [0.25, 0.3) is 0 Å². The van der Waals surface area contributed by atoms with Crippen LogP contribution >= 0.6 is 11.6 Å². The number of nitrogens with zero attached hydrogens (tertiary/aromatic N) is 2. The van der Waals surface area contributed by atoms with Crippen LogP contribution in [0.1, 0.15) is 43.4 Å². The van der Waals surface area contributed by atoms with Crippen molar-refractivity contribution in [2.45, 2.75) is 46.3 Å². The van der Waals surface area contributed by atoms with Crippen LogP contribution in [0, 0.1) is 12.3 Å². The summed E-state index contributed by atoms with van der Waals surface area (Å²) in [5.41, 5.74) is 0.300. The Morgan fingerprint density at radius 1 is 1.50 bits per heavy atom. The Morgan fingerprint density at radius 3 is 2.75 bits per heavy atom. The van der Waals surface area contributed by atoms with E-state index >= 15 is 0 Å². The van der Waals surface area contributed by atoms with E-state index in [1.807, 2.05) is 6.92 Å². The van der Waals surface area contributed by atoms with E-state index in [4.69, 9.17) is 16.3 Å². The number of rotatable bonds is 5. The quantitative estimate of drug-likeness (QED) is 0.669. The molecule has 0 aliphatic heterocycles. The van der Waals surface area contributed by atoms with Gasteiger partial charge in [-0.3, -0.25) is 4.79 Å². The Kier molecular flexibility index (Phi) is 4.30. The molecule has 0 saturated heterocycles. The lowest BCUT2D eigenvalue weighted by Crippen LogP contribution is -2.58. The maximum atomic E-state index is 11.1. The summed E-state index contributed by atoms with van der Waals surface area (Å²) in [6, 6.07) is 0.197. The molecule has 6 heteroatoms. The molecule has 20 heavy (non-hydrogen) atoms. The molecule has 0 bridgehead atoms. The van der Waals surface area contributed by atoms with Gasteiger partial charge >= 0.3 is 0 Å². The number of carbonyl (C=O) groups is 1. The van der Waals surface area contributed by atoms with Crippen molar-refractivity contribution in [1.29, 1.82) is 0 Å². The normalized spacial score (nSPS) is 24.1. The minimum absolute atomic E-state index is 0.0124. The zero-order chi connectivity index (χ0) is 14.9. The fraction of sp³-hybridized carbons (Fsp3) is 0.643. The monoisotopic (exact) mass is 297 g/mol. The predicted octanol–water partition coefficient (Wildman–Crippen LogP) is 2.87. The van der Waals surface area contributed by atoms with Crippen molar-refractivity contribution in [2.75, 3.05) is 11.9 Å². The standard InChI is InChI=1S/C14H20ClN3O2/c1-5-20-11-6-10(14(11,3)4)18-13-9(7-19)12(15)16-8(2)17-13/h7,10-11H,5-6H2,1-4H3,(H,16,17,18). The molecular weight excluding hydrogens is 278 g/mol. The molecule has 1 saturated carbocycles. The molecule has 1 heterocycles. The van der Waals surface area contributed by atoms with Crippen molar-refractivity contribution >= 4 is 23.7 Å². The second-order valence-electron chi connectivity index (χ2n) is 5.64. The van der Waals surface area contributed by atoms with Crippen molar-refractivity contribution < 1.29 is 9.53 Å². The van der Waals surface area contributed by atoms with E-state index in [1.165, 1.54) is 0 Å². The van der Waals surface area contributed by atoms with Gasteiger partial charge in [-0.2, -0.15) is 0 Å². The number of hydrogen-bond donors (Lipinski definition) is 1. The summed E-state index contributed by atoms with van der Waals surface area (Å²) in [6.45, 7) is 8.74. The lowest BCUT2D eigenvalue weighted by Gasteiger charge is -2.51. The lowest BCUT2D eigenvalue weighted by atomic mass is 9.64. The van der Waals surface area contributed by atoms with Crippen molar-refractivity contribution in [3.63, 3.8) is 0 Å². The summed E-state index contributed by atoms with van der Waals surface area (Å²) in [5.74, 6) is 1.05. The Bertz CT molecular complexity index is 519. The molecule has 0 amide bonds. The molecule has 0 radical (unpaired) electrons. The van der Waals surface area contributed by atoms with E-state index in [0.717, 1.165) is 6.42 Å². The molecule has 110 valence electrons. The highest BCUT2D eigenvalue weighted by molar-refractivity contribution is 6.32. The third-order valence-corrected chi connectivity index (χ3v) is 4.27. The smallest absolute Gasteiger partial charge is 0.156 e. The maximum Gasteiger partial charge on any atom is 0.156 e. The summed E-state index contributed by atoms with van der Waals surface area (Å²) < 4.78 is 5.70. The minimum Gasteiger partial charge on any atom is -0.378 e. The number of nitrogens with one attached hydrogen (secondary N) is 1. The molecule has 1 N–H and O–H groups in total. The zero-order valence-electron chi connectivity index (χ0n) is 12.2. The van der Waals surface area contributed by atoms with Gasteiger partial charge in [0, 0.05) is 18.1 Å². The van der Waals surface area contributed by atoms with E-state index in [1.54, 1.807) is 6.92 Å². The molecule has 0 aromatic carbocycles. The molecule has 0 spiro atoms. The summed E-state index contributed by atoms with van der Waals surface area (Å²) in [5, 5.41) is 3.50. The van der Waals surface area contributed by atoms with E-state index in [9.17, 15) is 4.79 Å². The first-order valence-corrected chi connectivity index (χ1v) is 7.15. The highest BCUT2D eigenvalue weighted by Crippen LogP contribution is 2.44. The van der Waals surface area contributed by atoms with Crippen molar-refractivity contribution in [2.24, 2.45) is 5.41 Å². The molecule has 2 rings (SSSR count). The highest BCUT2D eigenvalue weighted by Gasteiger charge is 2.49. The van der Waals surface area contributed by atoms with E-state index < -0.39 is 0 Å². The second-order valence-corrected chi connectivity index (χ2v) is 6.00. The summed E-state index contributed by atoms with van der Waals surface area (Å²) >= 11 is 5.98. The molecule has 1 aromatic heterocycles. The van der Waals surface area contributed by atoms with E-state index in [-0.39, 0.29) is 22.7 Å². The van der Waals surface area contributed by atoms with Crippen LogP contribution in [-0.2, 0) is 4.74 Å². The highest BCUT2D eigenvalue weighted by atomic mass is 35.5.